The van der Waals surface area contributed by atoms with E-state index in [-0.39, 0.29) is 11.9 Å². The average Bonchev–Trinajstić information content (AvgIpc) is 2.96. The molecule has 0 unspecified atom stereocenters. The van der Waals surface area contributed by atoms with Gasteiger partial charge in [-0.05, 0) is 11.6 Å². The second kappa shape index (κ2) is 4.14. The monoisotopic (exact) mass is 246 g/mol. The zero-order chi connectivity index (χ0) is 11.7. The van der Waals surface area contributed by atoms with Crippen LogP contribution in [-0.4, -0.2) is 21.5 Å². The summed E-state index contributed by atoms with van der Waals surface area (Å²) >= 11 is 1.17. The molecule has 0 saturated heterocycles. The summed E-state index contributed by atoms with van der Waals surface area (Å²) in [7, 11) is 0. The van der Waals surface area contributed by atoms with Crippen LogP contribution in [0, 0.1) is 0 Å². The van der Waals surface area contributed by atoms with Gasteiger partial charge in [0.15, 0.2) is 0 Å². The number of nitrogens with one attached hydrogen (secondary N) is 2. The normalized spacial score (nSPS) is 17.3. The highest BCUT2D eigenvalue weighted by atomic mass is 32.1. The highest BCUT2D eigenvalue weighted by Crippen LogP contribution is 2.25. The van der Waals surface area contributed by atoms with E-state index in [9.17, 15) is 4.79 Å². The molecule has 1 aromatic carbocycles. The summed E-state index contributed by atoms with van der Waals surface area (Å²) in [6.07, 6.45) is 2.26. The summed E-state index contributed by atoms with van der Waals surface area (Å²) in [5.74, 6) is -0.0488. The van der Waals surface area contributed by atoms with Gasteiger partial charge in [0.2, 0.25) is 5.91 Å². The van der Waals surface area contributed by atoms with E-state index >= 15 is 0 Å². The minimum absolute atomic E-state index is 0.0488. The minimum Gasteiger partial charge on any atom is -0.373 e. The lowest BCUT2D eigenvalue weighted by molar-refractivity contribution is -0.116. The number of aromatic nitrogens is 2. The number of fused-ring (bicyclic) bond motifs is 1. The van der Waals surface area contributed by atoms with Gasteiger partial charge in [0.05, 0.1) is 6.20 Å². The molecule has 6 heteroatoms. The van der Waals surface area contributed by atoms with E-state index in [1.54, 1.807) is 6.20 Å². The molecule has 3 rings (SSSR count). The van der Waals surface area contributed by atoms with Crippen LogP contribution in [0.4, 0.5) is 10.7 Å². The van der Waals surface area contributed by atoms with Gasteiger partial charge in [-0.1, -0.05) is 22.7 Å². The SMILES string of the molecule is O=C(Nc1cnns1)[C@@H]1Cc2ccccc2N1. The molecule has 1 aromatic heterocycles. The zero-order valence-corrected chi connectivity index (χ0v) is 9.70. The van der Waals surface area contributed by atoms with Crippen LogP contribution < -0.4 is 10.6 Å². The van der Waals surface area contributed by atoms with Gasteiger partial charge in [0.1, 0.15) is 11.0 Å². The van der Waals surface area contributed by atoms with Crippen LogP contribution in [0.25, 0.3) is 0 Å². The summed E-state index contributed by atoms with van der Waals surface area (Å²) in [6.45, 7) is 0. The molecule has 2 heterocycles. The lowest BCUT2D eigenvalue weighted by atomic mass is 10.1. The van der Waals surface area contributed by atoms with Crippen molar-refractivity contribution in [2.45, 2.75) is 12.5 Å². The molecule has 0 radical (unpaired) electrons. The number of rotatable bonds is 2. The molecule has 0 aliphatic carbocycles. The lowest BCUT2D eigenvalue weighted by Crippen LogP contribution is -2.32. The van der Waals surface area contributed by atoms with Gasteiger partial charge < -0.3 is 10.6 Å². The molecule has 1 aliphatic rings. The Bertz CT molecular complexity index is 515. The van der Waals surface area contributed by atoms with E-state index in [1.165, 1.54) is 17.1 Å². The number of para-hydroxylation sites is 1. The van der Waals surface area contributed by atoms with Crippen molar-refractivity contribution in [2.75, 3.05) is 10.6 Å². The van der Waals surface area contributed by atoms with Crippen LogP contribution in [0.2, 0.25) is 0 Å². The van der Waals surface area contributed by atoms with E-state index in [0.717, 1.165) is 5.69 Å². The topological polar surface area (TPSA) is 66.9 Å². The fraction of sp³-hybridized carbons (Fsp3) is 0.182. The smallest absolute Gasteiger partial charge is 0.247 e. The maximum absolute atomic E-state index is 12.0. The van der Waals surface area contributed by atoms with Crippen LogP contribution in [0.1, 0.15) is 5.56 Å². The molecule has 17 heavy (non-hydrogen) atoms. The van der Waals surface area contributed by atoms with Crippen LogP contribution in [0.3, 0.4) is 0 Å². The Labute approximate surface area is 102 Å². The van der Waals surface area contributed by atoms with Gasteiger partial charge in [0.25, 0.3) is 0 Å². The molecular formula is C11H10N4OS. The van der Waals surface area contributed by atoms with Gasteiger partial charge in [0, 0.05) is 23.6 Å². The molecule has 2 N–H and O–H groups in total. The molecule has 0 saturated carbocycles. The third-order valence-corrected chi connectivity index (χ3v) is 3.28. The van der Waals surface area contributed by atoms with Gasteiger partial charge >= 0.3 is 0 Å². The van der Waals surface area contributed by atoms with E-state index in [4.69, 9.17) is 0 Å². The van der Waals surface area contributed by atoms with Crippen molar-refractivity contribution in [3.05, 3.63) is 36.0 Å². The van der Waals surface area contributed by atoms with Crippen molar-refractivity contribution in [2.24, 2.45) is 0 Å². The van der Waals surface area contributed by atoms with Crippen molar-refractivity contribution in [1.82, 2.24) is 9.59 Å². The summed E-state index contributed by atoms with van der Waals surface area (Å²) in [5, 5.41) is 10.3. The number of nitrogens with zero attached hydrogens (tertiary/aromatic N) is 2. The minimum atomic E-state index is -0.213. The van der Waals surface area contributed by atoms with Crippen molar-refractivity contribution in [3.8, 4) is 0 Å². The Morgan fingerprint density at radius 2 is 2.35 bits per heavy atom. The molecular weight excluding hydrogens is 236 g/mol. The Balaban J connectivity index is 1.70. The Kier molecular flexibility index (Phi) is 2.49. The van der Waals surface area contributed by atoms with Gasteiger partial charge in [-0.3, -0.25) is 4.79 Å². The first kappa shape index (κ1) is 10.2. The van der Waals surface area contributed by atoms with Crippen LogP contribution in [0.15, 0.2) is 30.5 Å². The molecule has 2 aromatic rings. The second-order valence-electron chi connectivity index (χ2n) is 3.83. The van der Waals surface area contributed by atoms with Crippen molar-refractivity contribution in [3.63, 3.8) is 0 Å². The van der Waals surface area contributed by atoms with Crippen molar-refractivity contribution >= 4 is 28.1 Å². The first-order valence-corrected chi connectivity index (χ1v) is 6.03. The largest absolute Gasteiger partial charge is 0.373 e. The molecule has 5 nitrogen and oxygen atoms in total. The van der Waals surface area contributed by atoms with E-state index in [1.807, 2.05) is 24.3 Å². The Hall–Kier alpha value is -1.95. The predicted octanol–water partition coefficient (Wildman–Crippen LogP) is 1.51. The number of carbonyl (C=O) groups is 1. The molecule has 86 valence electrons. The Morgan fingerprint density at radius 3 is 3.12 bits per heavy atom. The first-order chi connectivity index (χ1) is 8.33. The van der Waals surface area contributed by atoms with Gasteiger partial charge in [-0.2, -0.15) is 0 Å². The maximum Gasteiger partial charge on any atom is 0.247 e. The fourth-order valence-corrected chi connectivity index (χ4v) is 2.31. The molecule has 1 atom stereocenters. The number of hydrogen-bond acceptors (Lipinski definition) is 5. The maximum atomic E-state index is 12.0. The van der Waals surface area contributed by atoms with E-state index in [2.05, 4.69) is 20.2 Å². The predicted molar refractivity (Wildman–Crippen MR) is 66.1 cm³/mol. The third-order valence-electron chi connectivity index (χ3n) is 2.70. The van der Waals surface area contributed by atoms with Crippen LogP contribution in [0.5, 0.6) is 0 Å². The van der Waals surface area contributed by atoms with Crippen molar-refractivity contribution < 1.29 is 4.79 Å². The van der Waals surface area contributed by atoms with Crippen molar-refractivity contribution in [1.29, 1.82) is 0 Å². The third kappa shape index (κ3) is 1.99. The second-order valence-corrected chi connectivity index (χ2v) is 4.61. The van der Waals surface area contributed by atoms with Gasteiger partial charge in [-0.25, -0.2) is 0 Å². The number of amides is 1. The molecule has 1 amide bonds. The quantitative estimate of drug-likeness (QED) is 0.843. The highest BCUT2D eigenvalue weighted by Gasteiger charge is 2.26. The van der Waals surface area contributed by atoms with E-state index < -0.39 is 0 Å². The fourth-order valence-electron chi connectivity index (χ4n) is 1.89. The summed E-state index contributed by atoms with van der Waals surface area (Å²) < 4.78 is 3.70. The number of carbonyl (C=O) groups excluding carboxylic acids is 1. The standard InChI is InChI=1S/C11H10N4OS/c16-11(14-10-6-12-15-17-10)9-5-7-3-1-2-4-8(7)13-9/h1-4,6,9,13H,5H2,(H,14,16)/t9-/m0/s1. The summed E-state index contributed by atoms with van der Waals surface area (Å²) in [6, 6.07) is 7.74. The molecule has 0 bridgehead atoms. The zero-order valence-electron chi connectivity index (χ0n) is 8.88. The molecule has 0 fully saturated rings. The summed E-state index contributed by atoms with van der Waals surface area (Å²) in [4.78, 5) is 12.0. The molecule has 1 aliphatic heterocycles. The highest BCUT2D eigenvalue weighted by molar-refractivity contribution is 7.10. The number of anilines is 2. The molecule has 0 spiro atoms. The number of hydrogen-bond donors (Lipinski definition) is 2. The number of benzene rings is 1. The van der Waals surface area contributed by atoms with Crippen LogP contribution >= 0.6 is 11.5 Å². The summed E-state index contributed by atoms with van der Waals surface area (Å²) in [5.41, 5.74) is 2.21. The average molecular weight is 246 g/mol. The van der Waals surface area contributed by atoms with E-state index in [0.29, 0.717) is 11.4 Å². The first-order valence-electron chi connectivity index (χ1n) is 5.25. The van der Waals surface area contributed by atoms with Crippen LogP contribution in [-0.2, 0) is 11.2 Å². The van der Waals surface area contributed by atoms with Gasteiger partial charge in [-0.15, -0.1) is 5.10 Å². The lowest BCUT2D eigenvalue weighted by Gasteiger charge is -2.09. The Morgan fingerprint density at radius 1 is 1.47 bits per heavy atom.